The number of halogens is 1. The van der Waals surface area contributed by atoms with Crippen LogP contribution in [0, 0.1) is 11.7 Å². The maximum absolute atomic E-state index is 13.4. The maximum Gasteiger partial charge on any atom is 0.146 e. The van der Waals surface area contributed by atoms with Gasteiger partial charge in [0.25, 0.3) is 0 Å². The third-order valence-electron chi connectivity index (χ3n) is 3.45. The Kier molecular flexibility index (Phi) is 2.56. The summed E-state index contributed by atoms with van der Waals surface area (Å²) in [6.07, 6.45) is 3.64. The minimum atomic E-state index is -0.119. The Morgan fingerprint density at radius 1 is 1.38 bits per heavy atom. The minimum Gasteiger partial charge on any atom is -0.382 e. The quantitative estimate of drug-likeness (QED) is 0.815. The lowest BCUT2D eigenvalue weighted by molar-refractivity contribution is 0.478. The summed E-state index contributed by atoms with van der Waals surface area (Å²) in [6, 6.07) is 6.10. The molecule has 1 aromatic rings. The smallest absolute Gasteiger partial charge is 0.146 e. The molecule has 1 saturated carbocycles. The van der Waals surface area contributed by atoms with E-state index in [9.17, 15) is 4.39 Å². The Labute approximate surface area is 95.2 Å². The van der Waals surface area contributed by atoms with Crippen LogP contribution in [0.4, 0.5) is 10.1 Å². The van der Waals surface area contributed by atoms with Crippen molar-refractivity contribution < 1.29 is 4.39 Å². The van der Waals surface area contributed by atoms with E-state index in [1.807, 2.05) is 6.07 Å². The Morgan fingerprint density at radius 3 is 3.06 bits per heavy atom. The van der Waals surface area contributed by atoms with Crippen LogP contribution in [-0.2, 0) is 6.42 Å². The lowest BCUT2D eigenvalue weighted by Gasteiger charge is -2.26. The molecule has 0 amide bonds. The zero-order valence-corrected chi connectivity index (χ0v) is 9.30. The normalized spacial score (nSPS) is 23.7. The summed E-state index contributed by atoms with van der Waals surface area (Å²) < 4.78 is 13.4. The summed E-state index contributed by atoms with van der Waals surface area (Å²) in [4.78, 5) is 0. The van der Waals surface area contributed by atoms with Gasteiger partial charge in [-0.2, -0.15) is 0 Å². The highest BCUT2D eigenvalue weighted by atomic mass is 19.1. The van der Waals surface area contributed by atoms with E-state index < -0.39 is 0 Å². The van der Waals surface area contributed by atoms with Gasteiger partial charge >= 0.3 is 0 Å². The van der Waals surface area contributed by atoms with Gasteiger partial charge in [-0.25, -0.2) is 4.39 Å². The molecule has 1 aromatic carbocycles. The first kappa shape index (κ1) is 10.1. The second kappa shape index (κ2) is 4.06. The summed E-state index contributed by atoms with van der Waals surface area (Å²) in [5.74, 6) is 0.473. The summed E-state index contributed by atoms with van der Waals surface area (Å²) in [5.41, 5.74) is 1.83. The number of fused-ring (bicyclic) bond motifs is 1. The van der Waals surface area contributed by atoms with Crippen molar-refractivity contribution in [1.29, 1.82) is 0 Å². The molecule has 1 unspecified atom stereocenters. The molecular weight excluding hydrogens is 203 g/mol. The van der Waals surface area contributed by atoms with Crippen molar-refractivity contribution in [1.82, 2.24) is 5.32 Å². The lowest BCUT2D eigenvalue weighted by atomic mass is 9.93. The van der Waals surface area contributed by atoms with E-state index in [0.29, 0.717) is 11.6 Å². The van der Waals surface area contributed by atoms with Gasteiger partial charge in [0, 0.05) is 19.1 Å². The zero-order chi connectivity index (χ0) is 11.0. The Balaban J connectivity index is 1.65. The number of hydrogen-bond acceptors (Lipinski definition) is 2. The molecule has 3 heteroatoms. The molecule has 0 aromatic heterocycles. The number of para-hydroxylation sites is 1. The third-order valence-corrected chi connectivity index (χ3v) is 3.45. The first-order valence-electron chi connectivity index (χ1n) is 6.07. The molecule has 0 saturated heterocycles. The predicted molar refractivity (Wildman–Crippen MR) is 63.1 cm³/mol. The average molecular weight is 220 g/mol. The molecule has 0 bridgehead atoms. The van der Waals surface area contributed by atoms with E-state index in [2.05, 4.69) is 10.6 Å². The van der Waals surface area contributed by atoms with E-state index in [4.69, 9.17) is 0 Å². The zero-order valence-electron chi connectivity index (χ0n) is 9.30. The van der Waals surface area contributed by atoms with Crippen LogP contribution >= 0.6 is 0 Å². The van der Waals surface area contributed by atoms with Crippen LogP contribution in [0.1, 0.15) is 18.4 Å². The molecule has 1 fully saturated rings. The molecule has 0 radical (unpaired) electrons. The van der Waals surface area contributed by atoms with Crippen molar-refractivity contribution >= 4 is 5.69 Å². The molecule has 0 spiro atoms. The van der Waals surface area contributed by atoms with Crippen LogP contribution in [0.5, 0.6) is 0 Å². The monoisotopic (exact) mass is 220 g/mol. The molecule has 1 aliphatic heterocycles. The Morgan fingerprint density at radius 2 is 2.25 bits per heavy atom. The molecule has 3 rings (SSSR count). The second-order valence-electron chi connectivity index (χ2n) is 4.91. The summed E-state index contributed by atoms with van der Waals surface area (Å²) in [7, 11) is 0. The SMILES string of the molecule is Fc1cccc2c1NCC(CNC1CC1)C2. The van der Waals surface area contributed by atoms with Crippen molar-refractivity contribution in [3.05, 3.63) is 29.6 Å². The summed E-state index contributed by atoms with van der Waals surface area (Å²) in [5, 5.41) is 6.75. The van der Waals surface area contributed by atoms with Gasteiger partial charge in [0.05, 0.1) is 5.69 Å². The first-order chi connectivity index (χ1) is 7.83. The second-order valence-corrected chi connectivity index (χ2v) is 4.91. The van der Waals surface area contributed by atoms with E-state index in [0.717, 1.165) is 31.1 Å². The fraction of sp³-hybridized carbons (Fsp3) is 0.538. The van der Waals surface area contributed by atoms with Gasteiger partial charge in [-0.1, -0.05) is 12.1 Å². The van der Waals surface area contributed by atoms with Crippen LogP contribution in [0.15, 0.2) is 18.2 Å². The average Bonchev–Trinajstić information content (AvgIpc) is 3.10. The number of benzene rings is 1. The molecule has 2 aliphatic rings. The van der Waals surface area contributed by atoms with Gasteiger partial charge < -0.3 is 10.6 Å². The summed E-state index contributed by atoms with van der Waals surface area (Å²) >= 11 is 0. The van der Waals surface area contributed by atoms with Crippen molar-refractivity contribution in [3.8, 4) is 0 Å². The number of nitrogens with one attached hydrogen (secondary N) is 2. The molecule has 1 aliphatic carbocycles. The van der Waals surface area contributed by atoms with Crippen LogP contribution in [0.25, 0.3) is 0 Å². The van der Waals surface area contributed by atoms with E-state index in [1.54, 1.807) is 6.07 Å². The predicted octanol–water partition coefficient (Wildman–Crippen LogP) is 2.16. The molecule has 2 N–H and O–H groups in total. The van der Waals surface area contributed by atoms with E-state index in [-0.39, 0.29) is 5.82 Å². The third kappa shape index (κ3) is 2.05. The molecule has 2 nitrogen and oxygen atoms in total. The molecule has 1 heterocycles. The van der Waals surface area contributed by atoms with Crippen molar-refractivity contribution in [2.24, 2.45) is 5.92 Å². The maximum atomic E-state index is 13.4. The molecule has 86 valence electrons. The Bertz CT molecular complexity index is 388. The van der Waals surface area contributed by atoms with Gasteiger partial charge in [-0.3, -0.25) is 0 Å². The van der Waals surface area contributed by atoms with E-state index in [1.165, 1.54) is 18.9 Å². The number of hydrogen-bond donors (Lipinski definition) is 2. The highest BCUT2D eigenvalue weighted by molar-refractivity contribution is 5.54. The highest BCUT2D eigenvalue weighted by Gasteiger charge is 2.24. The lowest BCUT2D eigenvalue weighted by Crippen LogP contribution is -2.33. The fourth-order valence-corrected chi connectivity index (χ4v) is 2.33. The largest absolute Gasteiger partial charge is 0.382 e. The van der Waals surface area contributed by atoms with Crippen molar-refractivity contribution in [3.63, 3.8) is 0 Å². The van der Waals surface area contributed by atoms with Gasteiger partial charge in [0.15, 0.2) is 0 Å². The summed E-state index contributed by atoms with van der Waals surface area (Å²) in [6.45, 7) is 1.93. The van der Waals surface area contributed by atoms with Crippen LogP contribution in [0.2, 0.25) is 0 Å². The van der Waals surface area contributed by atoms with Crippen LogP contribution in [0.3, 0.4) is 0 Å². The molecular formula is C13H17FN2. The molecule has 16 heavy (non-hydrogen) atoms. The van der Waals surface area contributed by atoms with Gasteiger partial charge in [-0.05, 0) is 36.8 Å². The number of rotatable bonds is 3. The minimum absolute atomic E-state index is 0.119. The first-order valence-corrected chi connectivity index (χ1v) is 6.07. The van der Waals surface area contributed by atoms with Crippen molar-refractivity contribution in [2.75, 3.05) is 18.4 Å². The van der Waals surface area contributed by atoms with Gasteiger partial charge in [-0.15, -0.1) is 0 Å². The number of anilines is 1. The van der Waals surface area contributed by atoms with E-state index >= 15 is 0 Å². The molecule has 1 atom stereocenters. The fourth-order valence-electron chi connectivity index (χ4n) is 2.33. The van der Waals surface area contributed by atoms with Crippen molar-refractivity contribution in [2.45, 2.75) is 25.3 Å². The topological polar surface area (TPSA) is 24.1 Å². The van der Waals surface area contributed by atoms with Crippen LogP contribution in [-0.4, -0.2) is 19.1 Å². The Hall–Kier alpha value is -1.09. The van der Waals surface area contributed by atoms with Gasteiger partial charge in [0.2, 0.25) is 0 Å². The van der Waals surface area contributed by atoms with Gasteiger partial charge in [0.1, 0.15) is 5.82 Å². The standard InChI is InChI=1S/C13H17FN2/c14-12-3-1-2-10-6-9(8-16-13(10)12)7-15-11-4-5-11/h1-3,9,11,15-16H,4-8H2. The van der Waals surface area contributed by atoms with Crippen LogP contribution < -0.4 is 10.6 Å². The highest BCUT2D eigenvalue weighted by Crippen LogP contribution is 2.27.